The molecule has 0 radical (unpaired) electrons. The fraction of sp³-hybridized carbons (Fsp3) is 0.385. The van der Waals surface area contributed by atoms with Gasteiger partial charge in [0, 0.05) is 15.8 Å². The number of carboxylic acids is 1. The molecule has 1 aromatic rings. The number of hydrogen-bond donors (Lipinski definition) is 2. The monoisotopic (exact) mass is 343 g/mol. The number of aryl methyl sites for hydroxylation is 1. The molecule has 1 aliphatic rings. The molecular formula is C13H14BrNO3S. The molecule has 1 fully saturated rings. The summed E-state index contributed by atoms with van der Waals surface area (Å²) in [5.74, 6) is -0.118. The predicted octanol–water partition coefficient (Wildman–Crippen LogP) is 2.45. The second-order valence-electron chi connectivity index (χ2n) is 4.60. The first-order valence-electron chi connectivity index (χ1n) is 5.84. The third kappa shape index (κ3) is 2.95. The lowest BCUT2D eigenvalue weighted by Gasteiger charge is -2.25. The molecule has 6 heteroatoms. The van der Waals surface area contributed by atoms with E-state index < -0.39 is 11.5 Å². The van der Waals surface area contributed by atoms with Gasteiger partial charge >= 0.3 is 5.97 Å². The van der Waals surface area contributed by atoms with Crippen molar-refractivity contribution in [3.05, 3.63) is 33.8 Å². The summed E-state index contributed by atoms with van der Waals surface area (Å²) >= 11 is 4.87. The number of amides is 1. The van der Waals surface area contributed by atoms with Crippen LogP contribution >= 0.6 is 27.7 Å². The van der Waals surface area contributed by atoms with Gasteiger partial charge in [-0.3, -0.25) is 4.79 Å². The largest absolute Gasteiger partial charge is 0.479 e. The Hall–Kier alpha value is -1.01. The number of halogens is 1. The fourth-order valence-electron chi connectivity index (χ4n) is 2.01. The number of nitrogens with one attached hydrogen (secondary N) is 1. The average Bonchev–Trinajstić information content (AvgIpc) is 2.82. The summed E-state index contributed by atoms with van der Waals surface area (Å²) in [6.07, 6.45) is 0.464. The van der Waals surface area contributed by atoms with Crippen molar-refractivity contribution >= 4 is 39.6 Å². The Morgan fingerprint density at radius 2 is 2.21 bits per heavy atom. The minimum Gasteiger partial charge on any atom is -0.479 e. The van der Waals surface area contributed by atoms with Crippen LogP contribution in [0.1, 0.15) is 22.3 Å². The second kappa shape index (κ2) is 5.54. The molecule has 0 bridgehead atoms. The van der Waals surface area contributed by atoms with Crippen molar-refractivity contribution in [2.45, 2.75) is 18.9 Å². The van der Waals surface area contributed by atoms with Gasteiger partial charge < -0.3 is 10.4 Å². The van der Waals surface area contributed by atoms with E-state index in [0.717, 1.165) is 15.8 Å². The van der Waals surface area contributed by atoms with E-state index in [0.29, 0.717) is 17.7 Å². The van der Waals surface area contributed by atoms with E-state index in [2.05, 4.69) is 21.2 Å². The Bertz CT molecular complexity index is 527. The molecule has 0 spiro atoms. The normalized spacial score (nSPS) is 22.2. The van der Waals surface area contributed by atoms with Crippen molar-refractivity contribution in [2.24, 2.45) is 0 Å². The zero-order chi connectivity index (χ0) is 14.0. The summed E-state index contributed by atoms with van der Waals surface area (Å²) < 4.78 is 0.799. The van der Waals surface area contributed by atoms with Gasteiger partial charge in [-0.15, -0.1) is 0 Å². The molecule has 1 aliphatic heterocycles. The van der Waals surface area contributed by atoms with E-state index in [9.17, 15) is 14.7 Å². The first-order valence-corrected chi connectivity index (χ1v) is 7.79. The van der Waals surface area contributed by atoms with Crippen molar-refractivity contribution in [2.75, 3.05) is 11.5 Å². The standard InChI is InChI=1S/C13H14BrNO3S/c1-8-2-3-9(14)6-10(8)11(16)15-13(12(17)18)4-5-19-7-13/h2-3,6H,4-5,7H2,1H3,(H,15,16)(H,17,18). The number of benzene rings is 1. The van der Waals surface area contributed by atoms with Gasteiger partial charge in [-0.1, -0.05) is 22.0 Å². The summed E-state index contributed by atoms with van der Waals surface area (Å²) in [5, 5.41) is 12.0. The Labute approximate surface area is 124 Å². The molecule has 1 heterocycles. The van der Waals surface area contributed by atoms with Crippen LogP contribution in [0.15, 0.2) is 22.7 Å². The molecular weight excluding hydrogens is 330 g/mol. The minimum absolute atomic E-state index is 0.330. The van der Waals surface area contributed by atoms with Crippen LogP contribution in [0.2, 0.25) is 0 Å². The maximum atomic E-state index is 12.3. The SMILES string of the molecule is Cc1ccc(Br)cc1C(=O)NC1(C(=O)O)CCSC1. The Morgan fingerprint density at radius 1 is 1.47 bits per heavy atom. The molecule has 1 aromatic carbocycles. The highest BCUT2D eigenvalue weighted by Crippen LogP contribution is 2.29. The third-order valence-electron chi connectivity index (χ3n) is 3.23. The summed E-state index contributed by atoms with van der Waals surface area (Å²) in [5.41, 5.74) is 0.204. The smallest absolute Gasteiger partial charge is 0.330 e. The molecule has 1 saturated heterocycles. The average molecular weight is 344 g/mol. The Kier molecular flexibility index (Phi) is 4.20. The number of carboxylic acid groups (broad SMARTS) is 1. The number of thioether (sulfide) groups is 1. The van der Waals surface area contributed by atoms with E-state index in [4.69, 9.17) is 0 Å². The van der Waals surface area contributed by atoms with Crippen LogP contribution in [0, 0.1) is 6.92 Å². The van der Waals surface area contributed by atoms with Crippen LogP contribution in [-0.2, 0) is 4.79 Å². The number of carbonyl (C=O) groups excluding carboxylic acids is 1. The van der Waals surface area contributed by atoms with Gasteiger partial charge in [0.05, 0.1) is 0 Å². The van der Waals surface area contributed by atoms with E-state index in [1.165, 1.54) is 0 Å². The lowest BCUT2D eigenvalue weighted by atomic mass is 9.98. The number of hydrogen-bond acceptors (Lipinski definition) is 3. The van der Waals surface area contributed by atoms with Gasteiger partial charge in [-0.05, 0) is 36.8 Å². The first-order chi connectivity index (χ1) is 8.94. The molecule has 2 N–H and O–H groups in total. The predicted molar refractivity (Wildman–Crippen MR) is 78.7 cm³/mol. The van der Waals surface area contributed by atoms with Gasteiger partial charge in [0.15, 0.2) is 0 Å². The van der Waals surface area contributed by atoms with Crippen molar-refractivity contribution in [3.63, 3.8) is 0 Å². The molecule has 0 aromatic heterocycles. The van der Waals surface area contributed by atoms with Crippen molar-refractivity contribution < 1.29 is 14.7 Å². The number of rotatable bonds is 3. The maximum absolute atomic E-state index is 12.3. The molecule has 1 amide bonds. The highest BCUT2D eigenvalue weighted by atomic mass is 79.9. The van der Waals surface area contributed by atoms with Gasteiger partial charge in [-0.2, -0.15) is 11.8 Å². The van der Waals surface area contributed by atoms with Crippen LogP contribution in [0.4, 0.5) is 0 Å². The summed E-state index contributed by atoms with van der Waals surface area (Å²) in [4.78, 5) is 23.7. The van der Waals surface area contributed by atoms with Crippen molar-refractivity contribution in [1.29, 1.82) is 0 Å². The third-order valence-corrected chi connectivity index (χ3v) is 4.91. The van der Waals surface area contributed by atoms with E-state index >= 15 is 0 Å². The molecule has 2 rings (SSSR count). The fourth-order valence-corrected chi connectivity index (χ4v) is 3.70. The summed E-state index contributed by atoms with van der Waals surface area (Å²) in [6, 6.07) is 5.39. The second-order valence-corrected chi connectivity index (χ2v) is 6.62. The van der Waals surface area contributed by atoms with Crippen LogP contribution in [0.25, 0.3) is 0 Å². The molecule has 102 valence electrons. The molecule has 0 aliphatic carbocycles. The van der Waals surface area contributed by atoms with Crippen molar-refractivity contribution in [1.82, 2.24) is 5.32 Å². The van der Waals surface area contributed by atoms with E-state index in [1.54, 1.807) is 17.8 Å². The van der Waals surface area contributed by atoms with E-state index in [-0.39, 0.29) is 5.91 Å². The van der Waals surface area contributed by atoms with Crippen LogP contribution in [0.5, 0.6) is 0 Å². The van der Waals surface area contributed by atoms with E-state index in [1.807, 2.05) is 19.1 Å². The van der Waals surface area contributed by atoms with Gasteiger partial charge in [0.25, 0.3) is 5.91 Å². The molecule has 19 heavy (non-hydrogen) atoms. The van der Waals surface area contributed by atoms with Crippen molar-refractivity contribution in [3.8, 4) is 0 Å². The molecule has 1 atom stereocenters. The van der Waals surface area contributed by atoms with Gasteiger partial charge in [0.2, 0.25) is 0 Å². The quantitative estimate of drug-likeness (QED) is 0.884. The Balaban J connectivity index is 2.25. The number of carbonyl (C=O) groups is 2. The lowest BCUT2D eigenvalue weighted by molar-refractivity contribution is -0.143. The zero-order valence-corrected chi connectivity index (χ0v) is 12.8. The van der Waals surface area contributed by atoms with Crippen LogP contribution in [-0.4, -0.2) is 34.0 Å². The topological polar surface area (TPSA) is 66.4 Å². The maximum Gasteiger partial charge on any atom is 0.330 e. The highest BCUT2D eigenvalue weighted by Gasteiger charge is 2.43. The number of aliphatic carboxylic acids is 1. The molecule has 4 nitrogen and oxygen atoms in total. The Morgan fingerprint density at radius 3 is 2.79 bits per heavy atom. The van der Waals surface area contributed by atoms with Crippen LogP contribution in [0.3, 0.4) is 0 Å². The summed E-state index contributed by atoms with van der Waals surface area (Å²) in [7, 11) is 0. The lowest BCUT2D eigenvalue weighted by Crippen LogP contribution is -2.54. The molecule has 0 saturated carbocycles. The van der Waals surface area contributed by atoms with Crippen LogP contribution < -0.4 is 5.32 Å². The zero-order valence-electron chi connectivity index (χ0n) is 10.4. The first kappa shape index (κ1) is 14.4. The van der Waals surface area contributed by atoms with Gasteiger partial charge in [0.1, 0.15) is 5.54 Å². The highest BCUT2D eigenvalue weighted by molar-refractivity contribution is 9.10. The summed E-state index contributed by atoms with van der Waals surface area (Å²) in [6.45, 7) is 1.83. The minimum atomic E-state index is -1.13. The van der Waals surface area contributed by atoms with Gasteiger partial charge in [-0.25, -0.2) is 4.79 Å². The molecule has 1 unspecified atom stereocenters.